The predicted molar refractivity (Wildman–Crippen MR) is 79.3 cm³/mol. The highest BCUT2D eigenvalue weighted by atomic mass is 32.2. The Morgan fingerprint density at radius 1 is 1.00 bits per heavy atom. The van der Waals surface area contributed by atoms with Crippen molar-refractivity contribution in [1.82, 2.24) is 15.0 Å². The molecule has 1 aromatic heterocycles. The molecular weight excluding hydrogens is 290 g/mol. The molecule has 0 unspecified atom stereocenters. The van der Waals surface area contributed by atoms with Crippen LogP contribution in [0.3, 0.4) is 0 Å². The Labute approximate surface area is 124 Å². The molecule has 0 amide bonds. The van der Waals surface area contributed by atoms with Crippen LogP contribution < -0.4 is 10.2 Å². The van der Waals surface area contributed by atoms with Gasteiger partial charge in [0.25, 0.3) is 0 Å². The maximum atomic E-state index is 11.5. The first kappa shape index (κ1) is 13.2. The van der Waals surface area contributed by atoms with Crippen LogP contribution in [0, 0.1) is 0 Å². The lowest BCUT2D eigenvalue weighted by molar-refractivity contribution is 0.585. The highest BCUT2D eigenvalue weighted by Crippen LogP contribution is 2.39. The first-order chi connectivity index (χ1) is 10.1. The van der Waals surface area contributed by atoms with Crippen molar-refractivity contribution in [2.75, 3.05) is 34.8 Å². The van der Waals surface area contributed by atoms with Crippen LogP contribution in [0.4, 0.5) is 11.9 Å². The van der Waals surface area contributed by atoms with E-state index in [1.165, 1.54) is 12.8 Å². The molecule has 0 atom stereocenters. The van der Waals surface area contributed by atoms with Gasteiger partial charge in [-0.1, -0.05) is 0 Å². The number of aromatic nitrogens is 3. The molecular formula is C13H19N5O2S. The van der Waals surface area contributed by atoms with Crippen molar-refractivity contribution in [2.45, 2.75) is 37.6 Å². The Bertz CT molecular complexity index is 641. The average molecular weight is 309 g/mol. The van der Waals surface area contributed by atoms with Crippen LogP contribution in [0.2, 0.25) is 0 Å². The van der Waals surface area contributed by atoms with Gasteiger partial charge in [0, 0.05) is 25.0 Å². The van der Waals surface area contributed by atoms with E-state index >= 15 is 0 Å². The minimum atomic E-state index is -2.89. The lowest BCUT2D eigenvalue weighted by atomic mass is 10.4. The van der Waals surface area contributed by atoms with Crippen molar-refractivity contribution in [1.29, 1.82) is 0 Å². The van der Waals surface area contributed by atoms with E-state index in [0.717, 1.165) is 18.7 Å². The van der Waals surface area contributed by atoms with Crippen molar-refractivity contribution in [3.63, 3.8) is 0 Å². The van der Waals surface area contributed by atoms with Gasteiger partial charge in [0.05, 0.1) is 11.5 Å². The summed E-state index contributed by atoms with van der Waals surface area (Å²) in [4.78, 5) is 15.5. The summed E-state index contributed by atoms with van der Waals surface area (Å²) in [7, 11) is -2.89. The molecule has 0 spiro atoms. The molecule has 4 rings (SSSR count). The maximum Gasteiger partial charge on any atom is 0.230 e. The molecule has 1 N–H and O–H groups in total. The van der Waals surface area contributed by atoms with Crippen LogP contribution in [0.15, 0.2) is 0 Å². The second-order valence-electron chi connectivity index (χ2n) is 6.15. The van der Waals surface area contributed by atoms with E-state index in [0.29, 0.717) is 36.9 Å². The lowest BCUT2D eigenvalue weighted by Crippen LogP contribution is -2.41. The highest BCUT2D eigenvalue weighted by molar-refractivity contribution is 7.91. The smallest absolute Gasteiger partial charge is 0.230 e. The molecule has 3 aliphatic rings. The number of rotatable bonds is 4. The van der Waals surface area contributed by atoms with Gasteiger partial charge >= 0.3 is 0 Å². The van der Waals surface area contributed by atoms with Crippen LogP contribution in [0.25, 0.3) is 0 Å². The fourth-order valence-electron chi connectivity index (χ4n) is 2.43. The molecule has 1 aromatic rings. The van der Waals surface area contributed by atoms with E-state index < -0.39 is 9.84 Å². The Balaban J connectivity index is 1.59. The van der Waals surface area contributed by atoms with E-state index in [2.05, 4.69) is 20.3 Å². The minimum absolute atomic E-state index is 0.183. The van der Waals surface area contributed by atoms with Gasteiger partial charge in [-0.3, -0.25) is 0 Å². The SMILES string of the molecule is O=S1(=O)CCN(c2nc(NC3CC3)nc(C3CC3)n2)CC1. The zero-order chi connectivity index (χ0) is 14.4. The fraction of sp³-hybridized carbons (Fsp3) is 0.769. The molecule has 8 heteroatoms. The van der Waals surface area contributed by atoms with Crippen LogP contribution in [0.5, 0.6) is 0 Å². The van der Waals surface area contributed by atoms with Crippen molar-refractivity contribution in [3.05, 3.63) is 5.82 Å². The number of nitrogens with zero attached hydrogens (tertiary/aromatic N) is 4. The van der Waals surface area contributed by atoms with Crippen LogP contribution in [-0.2, 0) is 9.84 Å². The molecule has 2 heterocycles. The normalized spacial score (nSPS) is 24.9. The van der Waals surface area contributed by atoms with Gasteiger partial charge in [-0.25, -0.2) is 8.42 Å². The van der Waals surface area contributed by atoms with Crippen LogP contribution in [0.1, 0.15) is 37.4 Å². The van der Waals surface area contributed by atoms with E-state index in [4.69, 9.17) is 0 Å². The van der Waals surface area contributed by atoms with E-state index in [1.54, 1.807) is 0 Å². The number of hydrogen-bond acceptors (Lipinski definition) is 7. The maximum absolute atomic E-state index is 11.5. The second-order valence-corrected chi connectivity index (χ2v) is 8.45. The van der Waals surface area contributed by atoms with Crippen LogP contribution in [-0.4, -0.2) is 54.0 Å². The molecule has 2 aliphatic carbocycles. The first-order valence-electron chi connectivity index (χ1n) is 7.57. The highest BCUT2D eigenvalue weighted by Gasteiger charge is 2.31. The van der Waals surface area contributed by atoms with E-state index in [-0.39, 0.29) is 11.5 Å². The molecule has 3 fully saturated rings. The molecule has 21 heavy (non-hydrogen) atoms. The average Bonchev–Trinajstić information content (AvgIpc) is 3.32. The number of sulfone groups is 1. The molecule has 7 nitrogen and oxygen atoms in total. The van der Waals surface area contributed by atoms with Crippen molar-refractivity contribution < 1.29 is 8.42 Å². The van der Waals surface area contributed by atoms with Gasteiger partial charge in [0.2, 0.25) is 11.9 Å². The fourth-order valence-corrected chi connectivity index (χ4v) is 3.63. The summed E-state index contributed by atoms with van der Waals surface area (Å²) >= 11 is 0. The summed E-state index contributed by atoms with van der Waals surface area (Å²) in [6.45, 7) is 0.943. The Hall–Kier alpha value is -1.44. The molecule has 0 aromatic carbocycles. The van der Waals surface area contributed by atoms with Gasteiger partial charge in [0.1, 0.15) is 5.82 Å². The van der Waals surface area contributed by atoms with Gasteiger partial charge in [-0.2, -0.15) is 15.0 Å². The zero-order valence-electron chi connectivity index (χ0n) is 11.8. The summed E-state index contributed by atoms with van der Waals surface area (Å²) in [6.07, 6.45) is 4.62. The summed E-state index contributed by atoms with van der Waals surface area (Å²) in [5, 5.41) is 3.33. The molecule has 114 valence electrons. The number of nitrogens with one attached hydrogen (secondary N) is 1. The van der Waals surface area contributed by atoms with Crippen molar-refractivity contribution in [3.8, 4) is 0 Å². The van der Waals surface area contributed by atoms with Crippen LogP contribution >= 0.6 is 0 Å². The van der Waals surface area contributed by atoms with Crippen molar-refractivity contribution in [2.24, 2.45) is 0 Å². The summed E-state index contributed by atoms with van der Waals surface area (Å²) in [6, 6.07) is 0.494. The zero-order valence-corrected chi connectivity index (χ0v) is 12.6. The van der Waals surface area contributed by atoms with E-state index in [9.17, 15) is 8.42 Å². The second kappa shape index (κ2) is 4.79. The minimum Gasteiger partial charge on any atom is -0.351 e. The largest absolute Gasteiger partial charge is 0.351 e. The third-order valence-electron chi connectivity index (χ3n) is 4.12. The van der Waals surface area contributed by atoms with E-state index in [1.807, 2.05) is 4.90 Å². The number of anilines is 2. The number of hydrogen-bond donors (Lipinski definition) is 1. The topological polar surface area (TPSA) is 88.1 Å². The lowest BCUT2D eigenvalue weighted by Gasteiger charge is -2.27. The third kappa shape index (κ3) is 3.09. The van der Waals surface area contributed by atoms with Gasteiger partial charge < -0.3 is 10.2 Å². The van der Waals surface area contributed by atoms with Gasteiger partial charge in [0.15, 0.2) is 9.84 Å². The third-order valence-corrected chi connectivity index (χ3v) is 5.73. The molecule has 2 saturated carbocycles. The summed E-state index contributed by atoms with van der Waals surface area (Å²) in [5.74, 6) is 2.96. The first-order valence-corrected chi connectivity index (χ1v) is 9.39. The standard InChI is InChI=1S/C13H19N5O2S/c19-21(20)7-5-18(6-8-21)13-16-11(9-1-2-9)15-12(17-13)14-10-3-4-10/h9-10H,1-8H2,(H,14,15,16,17). The summed E-state index contributed by atoms with van der Waals surface area (Å²) < 4.78 is 23.1. The molecule has 1 aliphatic heterocycles. The Kier molecular flexibility index (Phi) is 3.02. The Morgan fingerprint density at radius 3 is 2.33 bits per heavy atom. The predicted octanol–water partition coefficient (Wildman–Crippen LogP) is 0.558. The van der Waals surface area contributed by atoms with Gasteiger partial charge in [-0.05, 0) is 25.7 Å². The van der Waals surface area contributed by atoms with Crippen molar-refractivity contribution >= 4 is 21.7 Å². The van der Waals surface area contributed by atoms with Gasteiger partial charge in [-0.15, -0.1) is 0 Å². The molecule has 0 radical (unpaired) electrons. The Morgan fingerprint density at radius 2 is 1.71 bits per heavy atom. The molecule has 0 bridgehead atoms. The quantitative estimate of drug-likeness (QED) is 0.869. The summed E-state index contributed by atoms with van der Waals surface area (Å²) in [5.41, 5.74) is 0. The molecule has 1 saturated heterocycles. The monoisotopic (exact) mass is 309 g/mol.